The van der Waals surface area contributed by atoms with Crippen LogP contribution < -0.4 is 20.9 Å². The van der Waals surface area contributed by atoms with Gasteiger partial charge in [0.15, 0.2) is 6.04 Å². The van der Waals surface area contributed by atoms with Gasteiger partial charge in [-0.2, -0.15) is 0 Å². The second-order valence-electron chi connectivity index (χ2n) is 16.3. The van der Waals surface area contributed by atoms with Crippen LogP contribution >= 0.6 is 0 Å². The highest BCUT2D eigenvalue weighted by atomic mass is 16.5. The molecule has 5 amide bonds. The number of ether oxygens (including phenoxy) is 1. The van der Waals surface area contributed by atoms with Gasteiger partial charge in [-0.1, -0.05) is 49.4 Å². The van der Waals surface area contributed by atoms with Crippen LogP contribution in [0.3, 0.4) is 0 Å². The van der Waals surface area contributed by atoms with Crippen molar-refractivity contribution in [2.45, 2.75) is 101 Å². The van der Waals surface area contributed by atoms with E-state index in [-0.39, 0.29) is 62.5 Å². The molecule has 3 saturated heterocycles. The number of amides is 5. The summed E-state index contributed by atoms with van der Waals surface area (Å²) < 4.78 is 5.95. The Morgan fingerprint density at radius 2 is 1.56 bits per heavy atom. The molecule has 3 fully saturated rings. The molecule has 3 aromatic rings. The predicted molar refractivity (Wildman–Crippen MR) is 227 cm³/mol. The van der Waals surface area contributed by atoms with Gasteiger partial charge in [0.05, 0.1) is 5.69 Å². The monoisotopic (exact) mass is 852 g/mol. The first-order valence-corrected chi connectivity index (χ1v) is 21.1. The molecule has 4 heterocycles. The molecule has 0 radical (unpaired) electrons. The summed E-state index contributed by atoms with van der Waals surface area (Å²) in [5, 5.41) is 19.0. The number of ketones is 1. The minimum Gasteiger partial charge on any atom is -0.506 e. The third kappa shape index (κ3) is 10.2. The van der Waals surface area contributed by atoms with Crippen molar-refractivity contribution >= 4 is 47.0 Å². The van der Waals surface area contributed by atoms with Crippen molar-refractivity contribution in [3.63, 3.8) is 0 Å². The second kappa shape index (κ2) is 20.0. The average Bonchev–Trinajstić information content (AvgIpc) is 3.76. The molecule has 62 heavy (non-hydrogen) atoms. The van der Waals surface area contributed by atoms with Crippen molar-refractivity contribution in [1.29, 1.82) is 0 Å². The van der Waals surface area contributed by atoms with Crippen molar-refractivity contribution in [3.8, 4) is 5.75 Å². The highest BCUT2D eigenvalue weighted by molar-refractivity contribution is 5.99. The molecule has 7 atom stereocenters. The molecular weight excluding hydrogens is 797 g/mol. The lowest BCUT2D eigenvalue weighted by molar-refractivity contribution is -0.157. The minimum atomic E-state index is -1.45. The van der Waals surface area contributed by atoms with Crippen molar-refractivity contribution in [3.05, 3.63) is 89.7 Å². The number of nitrogens with zero attached hydrogens (tertiary/aromatic N) is 5. The van der Waals surface area contributed by atoms with Crippen molar-refractivity contribution in [1.82, 2.24) is 35.6 Å². The molecule has 0 aliphatic carbocycles. The van der Waals surface area contributed by atoms with E-state index in [2.05, 4.69) is 20.9 Å². The number of hydrogen-bond acceptors (Lipinski definition) is 12. The molecule has 2 aromatic carbocycles. The third-order valence-electron chi connectivity index (χ3n) is 11.9. The summed E-state index contributed by atoms with van der Waals surface area (Å²) in [6.45, 7) is 3.18. The number of piperidine rings is 1. The quantitative estimate of drug-likeness (QED) is 0.239. The maximum atomic E-state index is 15.0. The maximum absolute atomic E-state index is 15.0. The van der Waals surface area contributed by atoms with E-state index in [4.69, 9.17) is 4.74 Å². The molecule has 6 rings (SSSR count). The SMILES string of the molecule is CC[C@H]1NC(=O)[C@@H](NCc2ncccc2O)[C@@H](C)OC(=O)[C@H](c2ccccc2)NC(=O)[C@@H]2CC(=O)CCN2C(=O)[C@H](Cc2ccc(N(C)C)cc2)N(C)C(=O)[C@@H]2CCCN2C1=O. The number of carbonyl (C=O) groups excluding carboxylic acids is 7. The van der Waals surface area contributed by atoms with Gasteiger partial charge in [0, 0.05) is 71.9 Å². The molecule has 3 aliphatic rings. The van der Waals surface area contributed by atoms with Crippen molar-refractivity contribution in [2.24, 2.45) is 0 Å². The van der Waals surface area contributed by atoms with Gasteiger partial charge in [-0.15, -0.1) is 0 Å². The molecule has 0 unspecified atom stereocenters. The summed E-state index contributed by atoms with van der Waals surface area (Å²) in [5.41, 5.74) is 2.19. The maximum Gasteiger partial charge on any atom is 0.333 e. The Morgan fingerprint density at radius 1 is 0.855 bits per heavy atom. The van der Waals surface area contributed by atoms with Gasteiger partial charge in [-0.25, -0.2) is 4.79 Å². The van der Waals surface area contributed by atoms with E-state index in [0.717, 1.165) is 11.3 Å². The Morgan fingerprint density at radius 3 is 2.24 bits per heavy atom. The molecule has 1 aromatic heterocycles. The van der Waals surface area contributed by atoms with E-state index in [1.807, 2.05) is 43.3 Å². The lowest BCUT2D eigenvalue weighted by atomic mass is 9.95. The number of pyridine rings is 1. The molecule has 0 bridgehead atoms. The van der Waals surface area contributed by atoms with Crippen LogP contribution in [0.4, 0.5) is 5.69 Å². The first-order chi connectivity index (χ1) is 29.7. The Bertz CT molecular complexity index is 2130. The number of likely N-dealkylation sites (N-methyl/N-ethyl adjacent to an activating group) is 1. The van der Waals surface area contributed by atoms with Crippen molar-refractivity contribution in [2.75, 3.05) is 39.1 Å². The van der Waals surface area contributed by atoms with E-state index >= 15 is 0 Å². The van der Waals surface area contributed by atoms with Gasteiger partial charge in [0.25, 0.3) is 0 Å². The van der Waals surface area contributed by atoms with E-state index in [1.54, 1.807) is 43.3 Å². The number of carbonyl (C=O) groups is 7. The van der Waals surface area contributed by atoms with E-state index in [1.165, 1.54) is 40.9 Å². The van der Waals surface area contributed by atoms with Crippen LogP contribution in [-0.2, 0) is 51.3 Å². The fourth-order valence-electron chi connectivity index (χ4n) is 8.26. The van der Waals surface area contributed by atoms with Gasteiger partial charge in [-0.05, 0) is 61.6 Å². The number of benzene rings is 2. The topological polar surface area (TPSA) is 211 Å². The lowest BCUT2D eigenvalue weighted by Gasteiger charge is -2.40. The van der Waals surface area contributed by atoms with E-state index < -0.39 is 77.9 Å². The zero-order valence-corrected chi connectivity index (χ0v) is 35.8. The minimum absolute atomic E-state index is 0.0197. The summed E-state index contributed by atoms with van der Waals surface area (Å²) in [5.74, 6) is -4.39. The number of aromatic nitrogens is 1. The second-order valence-corrected chi connectivity index (χ2v) is 16.3. The summed E-state index contributed by atoms with van der Waals surface area (Å²) in [7, 11) is 5.31. The highest BCUT2D eigenvalue weighted by Gasteiger charge is 2.45. The largest absolute Gasteiger partial charge is 0.506 e. The number of anilines is 1. The highest BCUT2D eigenvalue weighted by Crippen LogP contribution is 2.27. The van der Waals surface area contributed by atoms with Gasteiger partial charge in [-0.3, -0.25) is 39.1 Å². The zero-order chi connectivity index (χ0) is 44.7. The summed E-state index contributed by atoms with van der Waals surface area (Å²) >= 11 is 0. The summed E-state index contributed by atoms with van der Waals surface area (Å²) in [6.07, 6.45) is 0.903. The number of cyclic esters (lactones) is 1. The summed E-state index contributed by atoms with van der Waals surface area (Å²) in [6, 6.07) is 11.5. The smallest absolute Gasteiger partial charge is 0.333 e. The Kier molecular flexibility index (Phi) is 14.6. The van der Waals surface area contributed by atoms with Crippen LogP contribution in [0.2, 0.25) is 0 Å². The van der Waals surface area contributed by atoms with Gasteiger partial charge < -0.3 is 40.1 Å². The molecule has 17 heteroatoms. The molecule has 330 valence electrons. The molecule has 0 saturated carbocycles. The van der Waals surface area contributed by atoms with Crippen LogP contribution in [-0.4, -0.2) is 137 Å². The van der Waals surface area contributed by atoms with Crippen LogP contribution in [0.5, 0.6) is 5.75 Å². The normalized spacial score (nSPS) is 25.8. The molecule has 17 nitrogen and oxygen atoms in total. The fourth-order valence-corrected chi connectivity index (χ4v) is 8.26. The fraction of sp³-hybridized carbons (Fsp3) is 0.467. The first-order valence-electron chi connectivity index (χ1n) is 21.1. The van der Waals surface area contributed by atoms with Crippen LogP contribution in [0.15, 0.2) is 72.9 Å². The number of aromatic hydroxyl groups is 1. The predicted octanol–water partition coefficient (Wildman–Crippen LogP) is 1.63. The van der Waals surface area contributed by atoms with Gasteiger partial charge in [0.2, 0.25) is 29.5 Å². The number of rotatable bonds is 8. The van der Waals surface area contributed by atoms with Crippen LogP contribution in [0.25, 0.3) is 0 Å². The number of hydrogen-bond donors (Lipinski definition) is 4. The van der Waals surface area contributed by atoms with Gasteiger partial charge in [0.1, 0.15) is 47.8 Å². The Balaban J connectivity index is 1.42. The number of esters is 1. The first kappa shape index (κ1) is 45.2. The summed E-state index contributed by atoms with van der Waals surface area (Å²) in [4.78, 5) is 110. The lowest BCUT2D eigenvalue weighted by Crippen LogP contribution is -2.61. The number of nitrogens with one attached hydrogen (secondary N) is 3. The third-order valence-corrected chi connectivity index (χ3v) is 11.9. The zero-order valence-electron chi connectivity index (χ0n) is 35.8. The van der Waals surface area contributed by atoms with E-state index in [9.17, 15) is 38.7 Å². The molecule has 0 spiro atoms. The Hall–Kier alpha value is -6.36. The standard InChI is InChI=1S/C45H56N8O9/c1-6-32-42(58)52-22-11-14-34(52)43(59)51(5)36(24-28-16-18-30(19-17-28)50(3)4)44(60)53-23-20-31(54)25-35(53)40(56)49-39(29-12-8-7-9-13-29)45(61)62-27(2)38(41(57)48-32)47-26-33-37(55)15-10-21-46-33/h7-10,12-13,15-19,21,27,32,34-36,38-39,47,55H,6,11,14,20,22-26H2,1-5H3,(H,48,57)(H,49,56)/t27-,32-,34+,35+,36+,38+,39+/m1/s1. The van der Waals surface area contributed by atoms with Crippen molar-refractivity contribution < 1.29 is 43.4 Å². The molecule has 3 aliphatic heterocycles. The van der Waals surface area contributed by atoms with E-state index in [0.29, 0.717) is 18.4 Å². The number of Topliss-reactive ketones (excluding diaryl/α,β-unsaturated/α-hetero) is 1. The average molecular weight is 853 g/mol. The molecule has 4 N–H and O–H groups in total. The van der Waals surface area contributed by atoms with Crippen LogP contribution in [0, 0.1) is 0 Å². The molecular formula is C45H56N8O9. The van der Waals surface area contributed by atoms with Gasteiger partial charge >= 0.3 is 5.97 Å². The van der Waals surface area contributed by atoms with Crippen LogP contribution in [0.1, 0.15) is 68.8 Å². The Labute approximate surface area is 361 Å². The number of fused-ring (bicyclic) bond motifs is 2.